The summed E-state index contributed by atoms with van der Waals surface area (Å²) in [5.41, 5.74) is 6.29. The number of nitrogens with two attached hydrogens (primary N) is 1. The molecule has 0 bridgehead atoms. The SMILES string of the molecule is Nc1cc(Cl)cnc1NC1CCC(=O)NC1. The molecule has 1 fully saturated rings. The minimum absolute atomic E-state index is 0.0927. The van der Waals surface area contributed by atoms with Crippen molar-refractivity contribution in [2.24, 2.45) is 0 Å². The molecule has 1 saturated heterocycles. The van der Waals surface area contributed by atoms with E-state index < -0.39 is 0 Å². The molecule has 0 aliphatic carbocycles. The maximum atomic E-state index is 11.0. The molecule has 1 aliphatic rings. The van der Waals surface area contributed by atoms with Gasteiger partial charge in [-0.1, -0.05) is 11.6 Å². The van der Waals surface area contributed by atoms with Gasteiger partial charge in [0.1, 0.15) is 5.82 Å². The first-order valence-corrected chi connectivity index (χ1v) is 5.47. The summed E-state index contributed by atoms with van der Waals surface area (Å²) in [6.07, 6.45) is 2.86. The predicted octanol–water partition coefficient (Wildman–Crippen LogP) is 1.01. The van der Waals surface area contributed by atoms with Crippen LogP contribution in [0.1, 0.15) is 12.8 Å². The molecule has 1 aromatic rings. The monoisotopic (exact) mass is 240 g/mol. The van der Waals surface area contributed by atoms with Crippen LogP contribution in [0.15, 0.2) is 12.3 Å². The van der Waals surface area contributed by atoms with Crippen molar-refractivity contribution in [2.75, 3.05) is 17.6 Å². The fraction of sp³-hybridized carbons (Fsp3) is 0.400. The molecule has 16 heavy (non-hydrogen) atoms. The number of pyridine rings is 1. The Labute approximate surface area is 98.4 Å². The maximum Gasteiger partial charge on any atom is 0.220 e. The van der Waals surface area contributed by atoms with E-state index in [-0.39, 0.29) is 11.9 Å². The lowest BCUT2D eigenvalue weighted by molar-refractivity contribution is -0.122. The van der Waals surface area contributed by atoms with Gasteiger partial charge in [-0.3, -0.25) is 4.79 Å². The Bertz CT molecular complexity index is 400. The molecular formula is C10H13ClN4O. The molecule has 0 saturated carbocycles. The van der Waals surface area contributed by atoms with E-state index in [9.17, 15) is 4.79 Å². The molecule has 1 amide bonds. The zero-order chi connectivity index (χ0) is 11.5. The van der Waals surface area contributed by atoms with Crippen LogP contribution in [0.2, 0.25) is 5.02 Å². The summed E-state index contributed by atoms with van der Waals surface area (Å²) in [5.74, 6) is 0.709. The van der Waals surface area contributed by atoms with Crippen LogP contribution < -0.4 is 16.4 Å². The number of piperidine rings is 1. The first-order valence-electron chi connectivity index (χ1n) is 5.09. The Hall–Kier alpha value is -1.49. The van der Waals surface area contributed by atoms with Crippen LogP contribution in [0, 0.1) is 0 Å². The molecule has 0 radical (unpaired) electrons. The molecule has 1 unspecified atom stereocenters. The lowest BCUT2D eigenvalue weighted by Crippen LogP contribution is -2.42. The molecule has 0 spiro atoms. The van der Waals surface area contributed by atoms with Crippen molar-refractivity contribution in [3.05, 3.63) is 17.3 Å². The molecular weight excluding hydrogens is 228 g/mol. The van der Waals surface area contributed by atoms with E-state index in [1.54, 1.807) is 12.3 Å². The van der Waals surface area contributed by atoms with Gasteiger partial charge in [-0.15, -0.1) is 0 Å². The first-order chi connectivity index (χ1) is 7.65. The van der Waals surface area contributed by atoms with E-state index in [1.807, 2.05) is 0 Å². The van der Waals surface area contributed by atoms with Gasteiger partial charge < -0.3 is 16.4 Å². The molecule has 2 heterocycles. The summed E-state index contributed by atoms with van der Waals surface area (Å²) in [6, 6.07) is 1.83. The Morgan fingerprint density at radius 3 is 3.06 bits per heavy atom. The van der Waals surface area contributed by atoms with E-state index >= 15 is 0 Å². The summed E-state index contributed by atoms with van der Waals surface area (Å²) in [5, 5.41) is 6.49. The number of nitrogens with zero attached hydrogens (tertiary/aromatic N) is 1. The number of rotatable bonds is 2. The minimum atomic E-state index is 0.0927. The van der Waals surface area contributed by atoms with Crippen LogP contribution >= 0.6 is 11.6 Å². The van der Waals surface area contributed by atoms with E-state index in [4.69, 9.17) is 17.3 Å². The van der Waals surface area contributed by atoms with Crippen LogP contribution in [0.3, 0.4) is 0 Å². The summed E-state index contributed by atoms with van der Waals surface area (Å²) in [4.78, 5) is 15.1. The number of halogens is 1. The summed E-state index contributed by atoms with van der Waals surface area (Å²) in [6.45, 7) is 0.600. The molecule has 1 atom stereocenters. The van der Waals surface area contributed by atoms with Gasteiger partial charge in [0, 0.05) is 25.2 Å². The number of nitrogens with one attached hydrogen (secondary N) is 2. The van der Waals surface area contributed by atoms with Gasteiger partial charge in [-0.25, -0.2) is 4.98 Å². The third kappa shape index (κ3) is 2.55. The number of nitrogen functional groups attached to an aromatic ring is 1. The fourth-order valence-electron chi connectivity index (χ4n) is 1.62. The van der Waals surface area contributed by atoms with Crippen molar-refractivity contribution in [2.45, 2.75) is 18.9 Å². The van der Waals surface area contributed by atoms with Gasteiger partial charge in [-0.05, 0) is 12.5 Å². The Morgan fingerprint density at radius 1 is 1.62 bits per heavy atom. The lowest BCUT2D eigenvalue weighted by atomic mass is 10.1. The number of hydrogen-bond donors (Lipinski definition) is 3. The second-order valence-corrected chi connectivity index (χ2v) is 4.21. The normalized spacial score (nSPS) is 20.3. The molecule has 1 aliphatic heterocycles. The number of anilines is 2. The predicted molar refractivity (Wildman–Crippen MR) is 63.3 cm³/mol. The molecule has 1 aromatic heterocycles. The second kappa shape index (κ2) is 4.57. The molecule has 4 N–H and O–H groups in total. The number of carbonyl (C=O) groups excluding carboxylic acids is 1. The Kier molecular flexibility index (Phi) is 3.14. The highest BCUT2D eigenvalue weighted by Crippen LogP contribution is 2.21. The molecule has 0 aromatic carbocycles. The maximum absolute atomic E-state index is 11.0. The van der Waals surface area contributed by atoms with Gasteiger partial charge in [0.05, 0.1) is 10.7 Å². The summed E-state index contributed by atoms with van der Waals surface area (Å²) in [7, 11) is 0. The third-order valence-electron chi connectivity index (χ3n) is 2.49. The van der Waals surface area contributed by atoms with Crippen molar-refractivity contribution >= 4 is 29.0 Å². The largest absolute Gasteiger partial charge is 0.396 e. The van der Waals surface area contributed by atoms with Crippen molar-refractivity contribution < 1.29 is 4.79 Å². The average Bonchev–Trinajstić information content (AvgIpc) is 2.25. The zero-order valence-electron chi connectivity index (χ0n) is 8.66. The van der Waals surface area contributed by atoms with Gasteiger partial charge in [0.15, 0.2) is 0 Å². The Morgan fingerprint density at radius 2 is 2.44 bits per heavy atom. The van der Waals surface area contributed by atoms with Crippen molar-refractivity contribution in [1.29, 1.82) is 0 Å². The van der Waals surface area contributed by atoms with Crippen LogP contribution in [0.5, 0.6) is 0 Å². The number of carbonyl (C=O) groups is 1. The molecule has 6 heteroatoms. The number of amides is 1. The Balaban J connectivity index is 2.01. The van der Waals surface area contributed by atoms with E-state index in [2.05, 4.69) is 15.6 Å². The first kappa shape index (κ1) is 11.0. The van der Waals surface area contributed by atoms with Gasteiger partial charge in [0.2, 0.25) is 5.91 Å². The third-order valence-corrected chi connectivity index (χ3v) is 2.70. The van der Waals surface area contributed by atoms with E-state index in [0.717, 1.165) is 6.42 Å². The summed E-state index contributed by atoms with van der Waals surface area (Å²) < 4.78 is 0. The van der Waals surface area contributed by atoms with E-state index in [0.29, 0.717) is 29.5 Å². The van der Waals surface area contributed by atoms with Crippen molar-refractivity contribution in [3.8, 4) is 0 Å². The fourth-order valence-corrected chi connectivity index (χ4v) is 1.79. The van der Waals surface area contributed by atoms with Gasteiger partial charge in [0.25, 0.3) is 0 Å². The van der Waals surface area contributed by atoms with Crippen LogP contribution in [0.25, 0.3) is 0 Å². The smallest absolute Gasteiger partial charge is 0.220 e. The van der Waals surface area contributed by atoms with Crippen LogP contribution in [0.4, 0.5) is 11.5 Å². The second-order valence-electron chi connectivity index (χ2n) is 3.78. The molecule has 86 valence electrons. The highest BCUT2D eigenvalue weighted by atomic mass is 35.5. The zero-order valence-corrected chi connectivity index (χ0v) is 9.42. The average molecular weight is 241 g/mol. The molecule has 5 nitrogen and oxygen atoms in total. The minimum Gasteiger partial charge on any atom is -0.396 e. The standard InChI is InChI=1S/C10H13ClN4O/c11-6-3-8(12)10(14-4-6)15-7-1-2-9(16)13-5-7/h3-4,7H,1-2,5,12H2,(H,13,16)(H,14,15). The number of hydrogen-bond acceptors (Lipinski definition) is 4. The van der Waals surface area contributed by atoms with Crippen LogP contribution in [-0.2, 0) is 4.79 Å². The summed E-state index contributed by atoms with van der Waals surface area (Å²) >= 11 is 5.75. The van der Waals surface area contributed by atoms with Crippen molar-refractivity contribution in [3.63, 3.8) is 0 Å². The molecule has 2 rings (SSSR count). The van der Waals surface area contributed by atoms with Crippen molar-refractivity contribution in [1.82, 2.24) is 10.3 Å². The highest BCUT2D eigenvalue weighted by molar-refractivity contribution is 6.30. The van der Waals surface area contributed by atoms with Gasteiger partial charge in [-0.2, -0.15) is 0 Å². The highest BCUT2D eigenvalue weighted by Gasteiger charge is 2.18. The van der Waals surface area contributed by atoms with Crippen LogP contribution in [-0.4, -0.2) is 23.5 Å². The lowest BCUT2D eigenvalue weighted by Gasteiger charge is -2.24. The van der Waals surface area contributed by atoms with E-state index in [1.165, 1.54) is 0 Å². The van der Waals surface area contributed by atoms with Gasteiger partial charge >= 0.3 is 0 Å². The quantitative estimate of drug-likeness (QED) is 0.721. The number of aromatic nitrogens is 1. The topological polar surface area (TPSA) is 80.0 Å².